The van der Waals surface area contributed by atoms with Gasteiger partial charge in [-0.15, -0.1) is 0 Å². The molecule has 0 aliphatic carbocycles. The Bertz CT molecular complexity index is 1660. The van der Waals surface area contributed by atoms with Crippen LogP contribution in [0.2, 0.25) is 0 Å². The molecule has 176 valence electrons. The number of carbonyl (C=O) groups excluding carboxylic acids is 1. The maximum atomic E-state index is 14.0. The summed E-state index contributed by atoms with van der Waals surface area (Å²) in [7, 11) is -1.83. The Hall–Kier alpha value is -3.82. The molecule has 35 heavy (non-hydrogen) atoms. The van der Waals surface area contributed by atoms with Crippen LogP contribution in [-0.4, -0.2) is 37.7 Å². The van der Waals surface area contributed by atoms with E-state index in [0.29, 0.717) is 26.7 Å². The van der Waals surface area contributed by atoms with Crippen LogP contribution in [0.3, 0.4) is 0 Å². The average Bonchev–Trinajstić information content (AvgIpc) is 3.29. The fraction of sp³-hybridized carbons (Fsp3) is 0.115. The maximum absolute atomic E-state index is 14.0. The minimum Gasteiger partial charge on any atom is -0.496 e. The minimum atomic E-state index is -3.37. The second kappa shape index (κ2) is 9.09. The summed E-state index contributed by atoms with van der Waals surface area (Å²) in [5.74, 6) is 0.184. The number of hydrogen-bond donors (Lipinski definition) is 0. The number of hydrogen-bond acceptors (Lipinski definition) is 7. The molecule has 2 aromatic heterocycles. The summed E-state index contributed by atoms with van der Waals surface area (Å²) >= 11 is 1.26. The number of aromatic nitrogens is 2. The number of anilines is 1. The summed E-state index contributed by atoms with van der Waals surface area (Å²) < 4.78 is 30.3. The van der Waals surface area contributed by atoms with E-state index in [4.69, 9.17) is 4.74 Å². The van der Waals surface area contributed by atoms with Gasteiger partial charge in [-0.25, -0.2) is 13.4 Å². The number of benzene rings is 3. The first-order chi connectivity index (χ1) is 16.8. The highest BCUT2D eigenvalue weighted by Gasteiger charge is 2.25. The summed E-state index contributed by atoms with van der Waals surface area (Å²) in [6.45, 7) is 0.238. The second-order valence-corrected chi connectivity index (χ2v) is 11.1. The Balaban J connectivity index is 1.64. The van der Waals surface area contributed by atoms with Crippen LogP contribution in [0.1, 0.15) is 15.9 Å². The number of amides is 1. The van der Waals surface area contributed by atoms with E-state index in [1.165, 1.54) is 30.8 Å². The van der Waals surface area contributed by atoms with Crippen LogP contribution in [-0.2, 0) is 16.4 Å². The number of rotatable bonds is 6. The van der Waals surface area contributed by atoms with Gasteiger partial charge in [0.25, 0.3) is 5.91 Å². The van der Waals surface area contributed by atoms with E-state index >= 15 is 0 Å². The molecule has 0 saturated heterocycles. The fourth-order valence-electron chi connectivity index (χ4n) is 3.84. The summed E-state index contributed by atoms with van der Waals surface area (Å²) in [6, 6.07) is 19.9. The molecule has 1 amide bonds. The zero-order valence-electron chi connectivity index (χ0n) is 19.0. The molecule has 2 heterocycles. The van der Waals surface area contributed by atoms with Crippen molar-refractivity contribution >= 4 is 53.2 Å². The number of pyridine rings is 1. The van der Waals surface area contributed by atoms with E-state index in [2.05, 4.69) is 9.97 Å². The quantitative estimate of drug-likeness (QED) is 0.320. The Morgan fingerprint density at radius 3 is 2.49 bits per heavy atom. The third kappa shape index (κ3) is 4.60. The Morgan fingerprint density at radius 1 is 1.03 bits per heavy atom. The molecular formula is C26H21N3O4S2. The molecule has 7 nitrogen and oxygen atoms in total. The van der Waals surface area contributed by atoms with Gasteiger partial charge in [0, 0.05) is 18.6 Å². The van der Waals surface area contributed by atoms with E-state index in [0.717, 1.165) is 16.3 Å². The Kier molecular flexibility index (Phi) is 5.96. The number of thiazole rings is 1. The third-order valence-corrected chi connectivity index (χ3v) is 7.77. The topological polar surface area (TPSA) is 89.5 Å². The summed E-state index contributed by atoms with van der Waals surface area (Å²) in [5.41, 5.74) is 1.86. The van der Waals surface area contributed by atoms with Crippen molar-refractivity contribution in [1.29, 1.82) is 0 Å². The van der Waals surface area contributed by atoms with Gasteiger partial charge in [-0.05, 0) is 52.7 Å². The van der Waals surface area contributed by atoms with Crippen molar-refractivity contribution in [2.75, 3.05) is 18.3 Å². The molecule has 0 fully saturated rings. The molecule has 0 aliphatic heterocycles. The van der Waals surface area contributed by atoms with E-state index < -0.39 is 9.84 Å². The van der Waals surface area contributed by atoms with Crippen LogP contribution < -0.4 is 9.64 Å². The number of fused-ring (bicyclic) bond motifs is 2. The van der Waals surface area contributed by atoms with Crippen LogP contribution >= 0.6 is 11.3 Å². The molecule has 5 rings (SSSR count). The predicted octanol–water partition coefficient (Wildman–Crippen LogP) is 5.10. The van der Waals surface area contributed by atoms with Crippen molar-refractivity contribution in [3.8, 4) is 5.75 Å². The number of nitrogens with zero attached hydrogens (tertiary/aromatic N) is 3. The second-order valence-electron chi connectivity index (χ2n) is 8.05. The van der Waals surface area contributed by atoms with Crippen LogP contribution in [0, 0.1) is 0 Å². The smallest absolute Gasteiger partial charge is 0.264 e. The van der Waals surface area contributed by atoms with E-state index in [1.54, 1.807) is 29.4 Å². The molecule has 0 atom stereocenters. The standard InChI is InChI=1S/C26H21N3O4S2/c1-33-23-13-19-8-4-3-7-18(19)12-21(23)25(30)29(16-17-6-5-11-27-15-17)26-28-22-10-9-20(35(2,31)32)14-24(22)34-26/h3-15H,16H2,1-2H3. The molecule has 0 bridgehead atoms. The molecular weight excluding hydrogens is 482 g/mol. The molecule has 9 heteroatoms. The predicted molar refractivity (Wildman–Crippen MR) is 138 cm³/mol. The number of ether oxygens (including phenoxy) is 1. The first kappa shape index (κ1) is 22.9. The molecule has 0 N–H and O–H groups in total. The van der Waals surface area contributed by atoms with Crippen molar-refractivity contribution in [2.45, 2.75) is 11.4 Å². The van der Waals surface area contributed by atoms with Gasteiger partial charge in [-0.1, -0.05) is 41.7 Å². The number of sulfone groups is 1. The lowest BCUT2D eigenvalue weighted by Gasteiger charge is -2.21. The van der Waals surface area contributed by atoms with Gasteiger partial charge in [-0.3, -0.25) is 14.7 Å². The normalized spacial score (nSPS) is 11.6. The van der Waals surface area contributed by atoms with Gasteiger partial charge in [0.15, 0.2) is 15.0 Å². The molecule has 0 saturated carbocycles. The van der Waals surface area contributed by atoms with Crippen molar-refractivity contribution in [3.63, 3.8) is 0 Å². The Morgan fingerprint density at radius 2 is 1.80 bits per heavy atom. The van der Waals surface area contributed by atoms with Crippen LogP contribution in [0.4, 0.5) is 5.13 Å². The molecule has 5 aromatic rings. The molecule has 3 aromatic carbocycles. The first-order valence-electron chi connectivity index (χ1n) is 10.7. The summed E-state index contributed by atoms with van der Waals surface area (Å²) in [4.78, 5) is 24.6. The molecule has 0 unspecified atom stereocenters. The highest BCUT2D eigenvalue weighted by molar-refractivity contribution is 7.90. The lowest BCUT2D eigenvalue weighted by Crippen LogP contribution is -2.30. The van der Waals surface area contributed by atoms with E-state index in [9.17, 15) is 13.2 Å². The van der Waals surface area contributed by atoms with Crippen molar-refractivity contribution in [1.82, 2.24) is 9.97 Å². The zero-order valence-corrected chi connectivity index (χ0v) is 20.6. The van der Waals surface area contributed by atoms with Gasteiger partial charge in [0.1, 0.15) is 5.75 Å². The highest BCUT2D eigenvalue weighted by atomic mass is 32.2. The third-order valence-electron chi connectivity index (χ3n) is 5.61. The van der Waals surface area contributed by atoms with Crippen LogP contribution in [0.5, 0.6) is 5.75 Å². The largest absolute Gasteiger partial charge is 0.496 e. The molecule has 0 radical (unpaired) electrons. The van der Waals surface area contributed by atoms with Crippen LogP contribution in [0.15, 0.2) is 84.0 Å². The van der Waals surface area contributed by atoms with Crippen molar-refractivity contribution in [3.05, 3.63) is 90.3 Å². The van der Waals surface area contributed by atoms with E-state index in [-0.39, 0.29) is 17.3 Å². The van der Waals surface area contributed by atoms with E-state index in [1.807, 2.05) is 48.5 Å². The first-order valence-corrected chi connectivity index (χ1v) is 13.4. The van der Waals surface area contributed by atoms with Gasteiger partial charge >= 0.3 is 0 Å². The summed E-state index contributed by atoms with van der Waals surface area (Å²) in [5, 5.41) is 2.34. The van der Waals surface area contributed by atoms with Crippen molar-refractivity contribution in [2.24, 2.45) is 0 Å². The van der Waals surface area contributed by atoms with Gasteiger partial charge in [0.2, 0.25) is 0 Å². The number of methoxy groups -OCH3 is 1. The SMILES string of the molecule is COc1cc2ccccc2cc1C(=O)N(Cc1cccnc1)c1nc2ccc(S(C)(=O)=O)cc2s1. The minimum absolute atomic E-state index is 0.210. The maximum Gasteiger partial charge on any atom is 0.264 e. The molecule has 0 spiro atoms. The lowest BCUT2D eigenvalue weighted by atomic mass is 10.0. The number of carbonyl (C=O) groups is 1. The summed E-state index contributed by atoms with van der Waals surface area (Å²) in [6.07, 6.45) is 4.54. The highest BCUT2D eigenvalue weighted by Crippen LogP contribution is 2.34. The Labute approximate surface area is 206 Å². The lowest BCUT2D eigenvalue weighted by molar-refractivity contribution is 0.0982. The van der Waals surface area contributed by atoms with Gasteiger partial charge in [0.05, 0.1) is 34.3 Å². The van der Waals surface area contributed by atoms with Gasteiger partial charge < -0.3 is 4.74 Å². The fourth-order valence-corrected chi connectivity index (χ4v) is 5.56. The van der Waals surface area contributed by atoms with Crippen LogP contribution in [0.25, 0.3) is 21.0 Å². The average molecular weight is 504 g/mol. The van der Waals surface area contributed by atoms with Gasteiger partial charge in [-0.2, -0.15) is 0 Å². The zero-order chi connectivity index (χ0) is 24.6. The molecule has 0 aliphatic rings. The van der Waals surface area contributed by atoms with Crippen molar-refractivity contribution < 1.29 is 17.9 Å². The monoisotopic (exact) mass is 503 g/mol.